The minimum Gasteiger partial charge on any atom is -0.494 e. The molecular formula is C14H25NO2S. The fourth-order valence-corrected chi connectivity index (χ4v) is 3.08. The quantitative estimate of drug-likeness (QED) is 0.790. The monoisotopic (exact) mass is 271 g/mol. The number of hydrogen-bond donors (Lipinski definition) is 2. The zero-order chi connectivity index (χ0) is 14.1. The number of aromatic nitrogens is 1. The van der Waals surface area contributed by atoms with Crippen molar-refractivity contribution in [3.05, 3.63) is 6.07 Å². The van der Waals surface area contributed by atoms with Crippen LogP contribution < -0.4 is 0 Å². The van der Waals surface area contributed by atoms with Gasteiger partial charge in [-0.1, -0.05) is 27.2 Å². The van der Waals surface area contributed by atoms with Crippen molar-refractivity contribution >= 4 is 11.8 Å². The van der Waals surface area contributed by atoms with Crippen LogP contribution in [0.5, 0.6) is 11.8 Å². The summed E-state index contributed by atoms with van der Waals surface area (Å²) in [5, 5.41) is 20.2. The van der Waals surface area contributed by atoms with Gasteiger partial charge in [0.2, 0.25) is 5.88 Å². The molecule has 0 saturated carbocycles. The van der Waals surface area contributed by atoms with Crippen molar-refractivity contribution in [2.45, 2.75) is 57.9 Å². The van der Waals surface area contributed by atoms with Crippen LogP contribution >= 0.6 is 11.8 Å². The molecule has 1 aromatic heterocycles. The molecule has 0 spiro atoms. The number of aromatic hydroxyl groups is 2. The molecule has 1 heterocycles. The fourth-order valence-electron chi connectivity index (χ4n) is 2.59. The topological polar surface area (TPSA) is 45.4 Å². The van der Waals surface area contributed by atoms with Crippen molar-refractivity contribution in [3.8, 4) is 11.8 Å². The maximum atomic E-state index is 10.2. The van der Waals surface area contributed by atoms with Crippen molar-refractivity contribution in [2.75, 3.05) is 6.26 Å². The predicted octanol–water partition coefficient (Wildman–Crippen LogP) is 4.18. The zero-order valence-electron chi connectivity index (χ0n) is 12.2. The minimum atomic E-state index is -0.318. The second-order valence-corrected chi connectivity index (χ2v) is 7.08. The molecule has 0 aromatic carbocycles. The fraction of sp³-hybridized carbons (Fsp3) is 0.714. The lowest BCUT2D eigenvalue weighted by Crippen LogP contribution is -2.31. The van der Waals surface area contributed by atoms with Crippen molar-refractivity contribution in [2.24, 2.45) is 5.41 Å². The molecule has 0 bridgehead atoms. The highest BCUT2D eigenvalue weighted by molar-refractivity contribution is 7.98. The molecule has 0 aliphatic heterocycles. The van der Waals surface area contributed by atoms with E-state index in [1.807, 2.05) is 20.1 Å². The van der Waals surface area contributed by atoms with Gasteiger partial charge in [0.1, 0.15) is 0 Å². The Morgan fingerprint density at radius 3 is 2.17 bits per heavy atom. The molecule has 0 aliphatic carbocycles. The van der Waals surface area contributed by atoms with Crippen molar-refractivity contribution in [1.82, 2.24) is 4.57 Å². The van der Waals surface area contributed by atoms with E-state index in [2.05, 4.69) is 20.8 Å². The Morgan fingerprint density at radius 1 is 1.22 bits per heavy atom. The molecule has 0 atom stereocenters. The third-order valence-electron chi connectivity index (χ3n) is 3.61. The zero-order valence-corrected chi connectivity index (χ0v) is 13.1. The molecule has 1 aromatic rings. The second kappa shape index (κ2) is 5.08. The summed E-state index contributed by atoms with van der Waals surface area (Å²) >= 11 is 1.44. The summed E-state index contributed by atoms with van der Waals surface area (Å²) in [5.41, 5.74) is -0.145. The van der Waals surface area contributed by atoms with Gasteiger partial charge in [0.05, 0.1) is 4.90 Å². The van der Waals surface area contributed by atoms with Gasteiger partial charge in [-0.3, -0.25) is 4.57 Å². The summed E-state index contributed by atoms with van der Waals surface area (Å²) in [5.74, 6) is 0.297. The van der Waals surface area contributed by atoms with E-state index >= 15 is 0 Å². The van der Waals surface area contributed by atoms with Gasteiger partial charge >= 0.3 is 0 Å². The lowest BCUT2D eigenvalue weighted by molar-refractivity contribution is 0.167. The largest absolute Gasteiger partial charge is 0.494 e. The first-order valence-corrected chi connectivity index (χ1v) is 7.55. The van der Waals surface area contributed by atoms with E-state index in [9.17, 15) is 10.2 Å². The SMILES string of the molecule is CCC(C)(C)CC(C)(C)n1c(O)cc(SC)c1O. The Labute approximate surface area is 114 Å². The minimum absolute atomic E-state index is 0.133. The van der Waals surface area contributed by atoms with Gasteiger partial charge in [-0.15, -0.1) is 11.8 Å². The van der Waals surface area contributed by atoms with Crippen LogP contribution in [0.15, 0.2) is 11.0 Å². The van der Waals surface area contributed by atoms with Crippen molar-refractivity contribution < 1.29 is 10.2 Å². The van der Waals surface area contributed by atoms with E-state index in [0.717, 1.165) is 17.7 Å². The number of rotatable bonds is 5. The summed E-state index contributed by atoms with van der Waals surface area (Å²) in [4.78, 5) is 0.717. The molecule has 0 aliphatic rings. The van der Waals surface area contributed by atoms with Crippen molar-refractivity contribution in [3.63, 3.8) is 0 Å². The third kappa shape index (κ3) is 2.97. The van der Waals surface area contributed by atoms with E-state index in [0.29, 0.717) is 0 Å². The van der Waals surface area contributed by atoms with Gasteiger partial charge in [0.15, 0.2) is 5.88 Å². The molecule has 0 saturated heterocycles. The van der Waals surface area contributed by atoms with Crippen LogP contribution in [0.1, 0.15) is 47.5 Å². The van der Waals surface area contributed by atoms with Crippen LogP contribution in [0.3, 0.4) is 0 Å². The van der Waals surface area contributed by atoms with Crippen LogP contribution in [0.4, 0.5) is 0 Å². The molecule has 0 unspecified atom stereocenters. The molecule has 3 nitrogen and oxygen atoms in total. The lowest BCUT2D eigenvalue weighted by atomic mass is 9.78. The van der Waals surface area contributed by atoms with Crippen molar-refractivity contribution in [1.29, 1.82) is 0 Å². The molecule has 0 amide bonds. The van der Waals surface area contributed by atoms with Gasteiger partial charge in [-0.25, -0.2) is 0 Å². The molecule has 18 heavy (non-hydrogen) atoms. The normalized spacial score (nSPS) is 13.0. The lowest BCUT2D eigenvalue weighted by Gasteiger charge is -2.36. The Kier molecular flexibility index (Phi) is 4.31. The molecular weight excluding hydrogens is 246 g/mol. The van der Waals surface area contributed by atoms with Gasteiger partial charge in [0, 0.05) is 11.6 Å². The van der Waals surface area contributed by atoms with E-state index < -0.39 is 0 Å². The average Bonchev–Trinajstić information content (AvgIpc) is 2.52. The highest BCUT2D eigenvalue weighted by Crippen LogP contribution is 2.43. The van der Waals surface area contributed by atoms with Crippen LogP contribution in [0.25, 0.3) is 0 Å². The van der Waals surface area contributed by atoms with Crippen LogP contribution in [-0.4, -0.2) is 21.0 Å². The first-order valence-electron chi connectivity index (χ1n) is 6.33. The highest BCUT2D eigenvalue weighted by atomic mass is 32.2. The summed E-state index contributed by atoms with van der Waals surface area (Å²) in [6, 6.07) is 1.63. The van der Waals surface area contributed by atoms with Gasteiger partial charge in [-0.05, 0) is 31.9 Å². The summed E-state index contributed by atoms with van der Waals surface area (Å²) in [6.45, 7) is 10.7. The Hall–Kier alpha value is -0.770. The van der Waals surface area contributed by atoms with Crippen LogP contribution in [0, 0.1) is 5.41 Å². The number of nitrogens with zero attached hydrogens (tertiary/aromatic N) is 1. The van der Waals surface area contributed by atoms with E-state index in [1.54, 1.807) is 10.6 Å². The molecule has 2 N–H and O–H groups in total. The molecule has 1 rings (SSSR count). The Balaban J connectivity index is 3.16. The first-order chi connectivity index (χ1) is 8.14. The Morgan fingerprint density at radius 2 is 1.78 bits per heavy atom. The summed E-state index contributed by atoms with van der Waals surface area (Å²) < 4.78 is 1.64. The molecule has 4 heteroatoms. The van der Waals surface area contributed by atoms with Gasteiger partial charge in [-0.2, -0.15) is 0 Å². The number of thioether (sulfide) groups is 1. The Bertz CT molecular complexity index is 422. The van der Waals surface area contributed by atoms with Crippen LogP contribution in [0.2, 0.25) is 0 Å². The number of hydrogen-bond acceptors (Lipinski definition) is 3. The smallest absolute Gasteiger partial charge is 0.208 e. The molecule has 0 radical (unpaired) electrons. The van der Waals surface area contributed by atoms with Crippen LogP contribution in [-0.2, 0) is 5.54 Å². The van der Waals surface area contributed by atoms with Gasteiger partial charge < -0.3 is 10.2 Å². The predicted molar refractivity (Wildman–Crippen MR) is 77.6 cm³/mol. The second-order valence-electron chi connectivity index (χ2n) is 6.24. The maximum Gasteiger partial charge on any atom is 0.208 e. The first kappa shape index (κ1) is 15.3. The van der Waals surface area contributed by atoms with E-state index in [4.69, 9.17) is 0 Å². The summed E-state index contributed by atoms with van der Waals surface area (Å²) in [7, 11) is 0. The highest BCUT2D eigenvalue weighted by Gasteiger charge is 2.33. The average molecular weight is 271 g/mol. The van der Waals surface area contributed by atoms with E-state index in [1.165, 1.54) is 11.8 Å². The maximum absolute atomic E-state index is 10.2. The third-order valence-corrected chi connectivity index (χ3v) is 4.36. The van der Waals surface area contributed by atoms with Gasteiger partial charge in [0.25, 0.3) is 0 Å². The molecule has 104 valence electrons. The standard InChI is InChI=1S/C14H25NO2S/c1-7-13(2,3)9-14(4,5)15-11(16)8-10(18-6)12(15)17/h8,16-17H,7,9H2,1-6H3. The van der Waals surface area contributed by atoms with E-state index in [-0.39, 0.29) is 22.7 Å². The summed E-state index contributed by atoms with van der Waals surface area (Å²) in [6.07, 6.45) is 3.84. The molecule has 0 fully saturated rings.